The average molecular weight is 362 g/mol. The van der Waals surface area contributed by atoms with Gasteiger partial charge in [0.1, 0.15) is 11.3 Å². The molecule has 25 heavy (non-hydrogen) atoms. The Balaban J connectivity index is 1.76. The quantitative estimate of drug-likeness (QED) is 0.904. The maximum atomic E-state index is 12.5. The van der Waals surface area contributed by atoms with Gasteiger partial charge in [-0.25, -0.2) is 9.78 Å². The highest BCUT2D eigenvalue weighted by Gasteiger charge is 2.23. The van der Waals surface area contributed by atoms with Gasteiger partial charge in [-0.15, -0.1) is 11.3 Å². The van der Waals surface area contributed by atoms with E-state index in [1.165, 1.54) is 0 Å². The lowest BCUT2D eigenvalue weighted by molar-refractivity contribution is 0.0795. The largest absolute Gasteiger partial charge is 0.427 e. The minimum Gasteiger partial charge on any atom is -0.427 e. The van der Waals surface area contributed by atoms with Crippen LogP contribution in [0.3, 0.4) is 0 Å². The van der Waals surface area contributed by atoms with Crippen LogP contribution in [0, 0.1) is 20.8 Å². The summed E-state index contributed by atoms with van der Waals surface area (Å²) in [4.78, 5) is 30.1. The molecule has 134 valence electrons. The lowest BCUT2D eigenvalue weighted by atomic mass is 9.95. The fourth-order valence-electron chi connectivity index (χ4n) is 3.08. The monoisotopic (exact) mass is 362 g/mol. The van der Waals surface area contributed by atoms with Crippen molar-refractivity contribution in [2.45, 2.75) is 46.1 Å². The van der Waals surface area contributed by atoms with Gasteiger partial charge >= 0.3 is 5.63 Å². The van der Waals surface area contributed by atoms with Crippen molar-refractivity contribution < 1.29 is 13.9 Å². The normalized spacial score (nSPS) is 15.3. The molecule has 1 aliphatic rings. The van der Waals surface area contributed by atoms with Gasteiger partial charge in [0.05, 0.1) is 17.2 Å². The molecule has 6 nitrogen and oxygen atoms in total. The lowest BCUT2D eigenvalue weighted by Crippen LogP contribution is -2.29. The van der Waals surface area contributed by atoms with E-state index in [0.717, 1.165) is 28.4 Å². The van der Waals surface area contributed by atoms with Gasteiger partial charge in [0, 0.05) is 24.0 Å². The van der Waals surface area contributed by atoms with Gasteiger partial charge in [0.15, 0.2) is 0 Å². The number of aryl methyl sites for hydroxylation is 3. The van der Waals surface area contributed by atoms with E-state index in [4.69, 9.17) is 9.15 Å². The summed E-state index contributed by atoms with van der Waals surface area (Å²) in [5.74, 6) is 0.423. The Morgan fingerprint density at radius 3 is 2.64 bits per heavy atom. The fourth-order valence-corrected chi connectivity index (χ4v) is 3.95. The molecule has 3 heterocycles. The number of nitrogens with zero attached hydrogens (tertiary/aromatic N) is 1. The number of aromatic nitrogens is 1. The molecule has 0 spiro atoms. The first-order valence-electron chi connectivity index (χ1n) is 8.39. The van der Waals surface area contributed by atoms with Gasteiger partial charge in [0.25, 0.3) is 5.91 Å². The van der Waals surface area contributed by atoms with Crippen LogP contribution in [0.2, 0.25) is 0 Å². The maximum Gasteiger partial charge on any atom is 0.349 e. The first kappa shape index (κ1) is 17.8. The second-order valence-electron chi connectivity index (χ2n) is 6.31. The molecular formula is C18H22N2O4S. The van der Waals surface area contributed by atoms with Crippen LogP contribution in [0.25, 0.3) is 0 Å². The van der Waals surface area contributed by atoms with E-state index in [2.05, 4.69) is 10.3 Å². The molecule has 1 amide bonds. The summed E-state index contributed by atoms with van der Waals surface area (Å²) in [5.41, 5.74) is 1.06. The van der Waals surface area contributed by atoms with Crippen LogP contribution in [-0.2, 0) is 11.3 Å². The molecule has 1 saturated heterocycles. The first-order chi connectivity index (χ1) is 12.0. The van der Waals surface area contributed by atoms with Crippen LogP contribution in [0.4, 0.5) is 0 Å². The highest BCUT2D eigenvalue weighted by molar-refractivity contribution is 7.11. The molecule has 2 aromatic rings. The molecule has 0 aliphatic carbocycles. The van der Waals surface area contributed by atoms with Gasteiger partial charge in [-0.3, -0.25) is 4.79 Å². The fraction of sp³-hybridized carbons (Fsp3) is 0.500. The Labute approximate surface area is 150 Å². The van der Waals surface area contributed by atoms with Crippen LogP contribution in [0.15, 0.2) is 15.3 Å². The lowest BCUT2D eigenvalue weighted by Gasteiger charge is -2.21. The molecule has 0 bridgehead atoms. The van der Waals surface area contributed by atoms with E-state index in [-0.39, 0.29) is 11.5 Å². The summed E-state index contributed by atoms with van der Waals surface area (Å²) in [6.45, 7) is 7.31. The standard InChI is InChI=1S/C18H22N2O4S/c1-10-8-14(13-4-6-23-7-5-13)24-18(22)16(10)17(21)19-9-15-11(2)20-12(3)25-15/h8,13H,4-7,9H2,1-3H3,(H,19,21). The van der Waals surface area contributed by atoms with Crippen molar-refractivity contribution in [1.82, 2.24) is 10.3 Å². The van der Waals surface area contributed by atoms with E-state index in [1.807, 2.05) is 19.9 Å². The Morgan fingerprint density at radius 1 is 1.32 bits per heavy atom. The zero-order chi connectivity index (χ0) is 18.0. The Morgan fingerprint density at radius 2 is 2.04 bits per heavy atom. The number of carbonyl (C=O) groups is 1. The second-order valence-corrected chi connectivity index (χ2v) is 7.59. The number of carbonyl (C=O) groups excluding carboxylic acids is 1. The van der Waals surface area contributed by atoms with Crippen molar-refractivity contribution in [1.29, 1.82) is 0 Å². The number of amides is 1. The van der Waals surface area contributed by atoms with Crippen molar-refractivity contribution in [3.63, 3.8) is 0 Å². The Bertz CT molecular complexity index is 834. The molecule has 2 aromatic heterocycles. The SMILES string of the molecule is Cc1nc(C)c(CNC(=O)c2c(C)cc(C3CCOCC3)oc2=O)s1. The maximum absolute atomic E-state index is 12.5. The third-order valence-corrected chi connectivity index (χ3v) is 5.50. The number of hydrogen-bond donors (Lipinski definition) is 1. The Kier molecular flexibility index (Phi) is 5.34. The molecule has 1 N–H and O–H groups in total. The number of ether oxygens (including phenoxy) is 1. The second kappa shape index (κ2) is 7.49. The van der Waals surface area contributed by atoms with Crippen LogP contribution >= 0.6 is 11.3 Å². The van der Waals surface area contributed by atoms with Gasteiger partial charge in [0.2, 0.25) is 0 Å². The summed E-state index contributed by atoms with van der Waals surface area (Å²) in [5, 5.41) is 3.76. The zero-order valence-electron chi connectivity index (χ0n) is 14.7. The predicted molar refractivity (Wildman–Crippen MR) is 95.3 cm³/mol. The van der Waals surface area contributed by atoms with Crippen LogP contribution in [-0.4, -0.2) is 24.1 Å². The van der Waals surface area contributed by atoms with Crippen LogP contribution in [0.1, 0.15) is 56.0 Å². The molecule has 0 atom stereocenters. The van der Waals surface area contributed by atoms with E-state index < -0.39 is 11.5 Å². The van der Waals surface area contributed by atoms with E-state index in [9.17, 15) is 9.59 Å². The smallest absolute Gasteiger partial charge is 0.349 e. The number of nitrogens with one attached hydrogen (secondary N) is 1. The van der Waals surface area contributed by atoms with Crippen molar-refractivity contribution in [3.8, 4) is 0 Å². The van der Waals surface area contributed by atoms with Crippen LogP contribution in [0.5, 0.6) is 0 Å². The summed E-state index contributed by atoms with van der Waals surface area (Å²) in [6, 6.07) is 1.81. The van der Waals surface area contributed by atoms with E-state index in [1.54, 1.807) is 18.3 Å². The average Bonchev–Trinajstić information content (AvgIpc) is 2.90. The first-order valence-corrected chi connectivity index (χ1v) is 9.21. The summed E-state index contributed by atoms with van der Waals surface area (Å²) >= 11 is 1.54. The molecule has 1 aliphatic heterocycles. The van der Waals surface area contributed by atoms with Crippen molar-refractivity contribution in [2.75, 3.05) is 13.2 Å². The van der Waals surface area contributed by atoms with Gasteiger partial charge < -0.3 is 14.5 Å². The summed E-state index contributed by atoms with van der Waals surface area (Å²) in [6.07, 6.45) is 1.66. The zero-order valence-corrected chi connectivity index (χ0v) is 15.5. The molecular weight excluding hydrogens is 340 g/mol. The van der Waals surface area contributed by atoms with Crippen molar-refractivity contribution in [2.24, 2.45) is 0 Å². The number of hydrogen-bond acceptors (Lipinski definition) is 6. The van der Waals surface area contributed by atoms with Crippen molar-refractivity contribution in [3.05, 3.63) is 49.0 Å². The van der Waals surface area contributed by atoms with Crippen molar-refractivity contribution >= 4 is 17.2 Å². The summed E-state index contributed by atoms with van der Waals surface area (Å²) < 4.78 is 10.8. The number of thiazole rings is 1. The minimum absolute atomic E-state index is 0.0784. The van der Waals surface area contributed by atoms with Gasteiger partial charge in [-0.05, 0) is 45.2 Å². The molecule has 7 heteroatoms. The molecule has 0 unspecified atom stereocenters. The molecule has 0 radical (unpaired) electrons. The topological polar surface area (TPSA) is 81.4 Å². The highest BCUT2D eigenvalue weighted by atomic mass is 32.1. The van der Waals surface area contributed by atoms with Crippen LogP contribution < -0.4 is 10.9 Å². The summed E-state index contributed by atoms with van der Waals surface area (Å²) in [7, 11) is 0. The molecule has 1 fully saturated rings. The molecule has 0 aromatic carbocycles. The van der Waals surface area contributed by atoms with Gasteiger partial charge in [-0.2, -0.15) is 0 Å². The molecule has 0 saturated carbocycles. The molecule has 3 rings (SSSR count). The number of rotatable bonds is 4. The van der Waals surface area contributed by atoms with Gasteiger partial charge in [-0.1, -0.05) is 0 Å². The highest BCUT2D eigenvalue weighted by Crippen LogP contribution is 2.27. The Hall–Kier alpha value is -1.99. The third kappa shape index (κ3) is 3.99. The predicted octanol–water partition coefficient (Wildman–Crippen LogP) is 2.85. The minimum atomic E-state index is -0.573. The van der Waals surface area contributed by atoms with E-state index >= 15 is 0 Å². The third-order valence-electron chi connectivity index (χ3n) is 4.43. The van der Waals surface area contributed by atoms with E-state index in [0.29, 0.717) is 31.1 Å².